The van der Waals surface area contributed by atoms with Gasteiger partial charge in [-0.2, -0.15) is 9.57 Å². The molecule has 2 rings (SSSR count). The van der Waals surface area contributed by atoms with Crippen LogP contribution in [0.4, 0.5) is 0 Å². The largest absolute Gasteiger partial charge is 0.380 e. The Morgan fingerprint density at radius 3 is 2.79 bits per heavy atom. The lowest BCUT2D eigenvalue weighted by atomic mass is 10.2. The molecular formula is C13H16N2O3S. The first kappa shape index (κ1) is 14.0. The van der Waals surface area contributed by atoms with Crippen LogP contribution in [0.1, 0.15) is 17.5 Å². The van der Waals surface area contributed by atoms with Crippen molar-refractivity contribution >= 4 is 10.0 Å². The summed E-state index contributed by atoms with van der Waals surface area (Å²) in [6.07, 6.45) is 0.654. The number of sulfonamides is 1. The molecule has 102 valence electrons. The van der Waals surface area contributed by atoms with E-state index in [1.165, 1.54) is 10.4 Å². The van der Waals surface area contributed by atoms with E-state index >= 15 is 0 Å². The summed E-state index contributed by atoms with van der Waals surface area (Å²) in [5, 5.41) is 8.89. The fourth-order valence-corrected chi connectivity index (χ4v) is 3.93. The monoisotopic (exact) mass is 280 g/mol. The predicted molar refractivity (Wildman–Crippen MR) is 70.1 cm³/mol. The second kappa shape index (κ2) is 5.29. The second-order valence-electron chi connectivity index (χ2n) is 4.60. The minimum absolute atomic E-state index is 0.0470. The molecule has 1 unspecified atom stereocenters. The Morgan fingerprint density at radius 1 is 1.47 bits per heavy atom. The Hall–Kier alpha value is -1.42. The molecule has 0 N–H and O–H groups in total. The molecule has 6 heteroatoms. The van der Waals surface area contributed by atoms with Crippen LogP contribution in [0.3, 0.4) is 0 Å². The number of ether oxygens (including phenoxy) is 1. The smallest absolute Gasteiger partial charge is 0.243 e. The van der Waals surface area contributed by atoms with Crippen molar-refractivity contribution in [3.63, 3.8) is 0 Å². The van der Waals surface area contributed by atoms with E-state index < -0.39 is 10.0 Å². The minimum Gasteiger partial charge on any atom is -0.380 e. The van der Waals surface area contributed by atoms with E-state index in [1.807, 2.05) is 6.07 Å². The maximum absolute atomic E-state index is 12.5. The van der Waals surface area contributed by atoms with Crippen LogP contribution in [0.5, 0.6) is 0 Å². The van der Waals surface area contributed by atoms with Crippen LogP contribution in [0.25, 0.3) is 0 Å². The molecule has 0 saturated carbocycles. The molecule has 0 aliphatic carbocycles. The average Bonchev–Trinajstić information content (AvgIpc) is 2.88. The van der Waals surface area contributed by atoms with Crippen molar-refractivity contribution in [3.05, 3.63) is 29.3 Å². The zero-order chi connectivity index (χ0) is 14.0. The van der Waals surface area contributed by atoms with Gasteiger partial charge in [-0.05, 0) is 31.0 Å². The van der Waals surface area contributed by atoms with E-state index in [-0.39, 0.29) is 11.0 Å². The summed E-state index contributed by atoms with van der Waals surface area (Å²) >= 11 is 0. The van der Waals surface area contributed by atoms with Crippen LogP contribution in [0, 0.1) is 18.3 Å². The van der Waals surface area contributed by atoms with Crippen LogP contribution in [0.2, 0.25) is 0 Å². The van der Waals surface area contributed by atoms with E-state index in [1.54, 1.807) is 26.2 Å². The van der Waals surface area contributed by atoms with Crippen LogP contribution in [-0.2, 0) is 14.8 Å². The van der Waals surface area contributed by atoms with Gasteiger partial charge in [0, 0.05) is 20.2 Å². The molecule has 0 spiro atoms. The summed E-state index contributed by atoms with van der Waals surface area (Å²) in [6, 6.07) is 6.69. The Balaban J connectivity index is 2.38. The highest BCUT2D eigenvalue weighted by Gasteiger charge is 2.33. The van der Waals surface area contributed by atoms with Gasteiger partial charge >= 0.3 is 0 Å². The standard InChI is InChI=1S/C13H16N2O3S/c1-10-3-4-11(8-14)7-13(10)19(16,17)15-6-5-12(9-15)18-2/h3-4,7,12H,5-6,9H2,1-2H3. The zero-order valence-electron chi connectivity index (χ0n) is 11.0. The van der Waals surface area contributed by atoms with Crippen LogP contribution < -0.4 is 0 Å². The lowest BCUT2D eigenvalue weighted by Crippen LogP contribution is -2.30. The van der Waals surface area contributed by atoms with E-state index in [0.717, 1.165) is 0 Å². The van der Waals surface area contributed by atoms with Crippen molar-refractivity contribution in [3.8, 4) is 6.07 Å². The van der Waals surface area contributed by atoms with Gasteiger partial charge in [-0.1, -0.05) is 6.07 Å². The first-order valence-electron chi connectivity index (χ1n) is 6.02. The summed E-state index contributed by atoms with van der Waals surface area (Å²) in [5.41, 5.74) is 1.01. The molecule has 1 aliphatic rings. The maximum Gasteiger partial charge on any atom is 0.243 e. The summed E-state index contributed by atoms with van der Waals surface area (Å²) in [7, 11) is -1.96. The van der Waals surface area contributed by atoms with E-state index in [0.29, 0.717) is 30.6 Å². The predicted octanol–water partition coefficient (Wildman–Crippen LogP) is 1.28. The van der Waals surface area contributed by atoms with Gasteiger partial charge in [0.05, 0.1) is 22.6 Å². The fourth-order valence-electron chi connectivity index (χ4n) is 2.20. The lowest BCUT2D eigenvalue weighted by molar-refractivity contribution is 0.115. The van der Waals surface area contributed by atoms with Gasteiger partial charge in [0.1, 0.15) is 0 Å². The first-order chi connectivity index (χ1) is 8.98. The highest BCUT2D eigenvalue weighted by Crippen LogP contribution is 2.25. The molecule has 1 heterocycles. The van der Waals surface area contributed by atoms with E-state index in [2.05, 4.69) is 0 Å². The molecule has 1 fully saturated rings. The van der Waals surface area contributed by atoms with Gasteiger partial charge in [-0.25, -0.2) is 8.42 Å². The number of nitriles is 1. The summed E-state index contributed by atoms with van der Waals surface area (Å²) in [6.45, 7) is 2.56. The van der Waals surface area contributed by atoms with Crippen molar-refractivity contribution in [2.45, 2.75) is 24.3 Å². The topological polar surface area (TPSA) is 70.4 Å². The molecule has 1 aromatic carbocycles. The third kappa shape index (κ3) is 2.63. The van der Waals surface area contributed by atoms with Crippen molar-refractivity contribution in [2.24, 2.45) is 0 Å². The quantitative estimate of drug-likeness (QED) is 0.836. The van der Waals surface area contributed by atoms with Gasteiger partial charge in [-0.15, -0.1) is 0 Å². The number of nitrogens with zero attached hydrogens (tertiary/aromatic N) is 2. The third-order valence-electron chi connectivity index (χ3n) is 3.38. The molecule has 1 saturated heterocycles. The number of hydrogen-bond donors (Lipinski definition) is 0. The van der Waals surface area contributed by atoms with Gasteiger partial charge in [0.2, 0.25) is 10.0 Å². The molecule has 1 aromatic rings. The molecule has 1 atom stereocenters. The summed E-state index contributed by atoms with van der Waals surface area (Å²) in [5.74, 6) is 0. The van der Waals surface area contributed by atoms with Crippen LogP contribution in [-0.4, -0.2) is 39.0 Å². The Bertz CT molecular complexity index is 619. The molecule has 0 amide bonds. The highest BCUT2D eigenvalue weighted by molar-refractivity contribution is 7.89. The van der Waals surface area contributed by atoms with Crippen LogP contribution >= 0.6 is 0 Å². The number of rotatable bonds is 3. The number of hydrogen-bond acceptors (Lipinski definition) is 4. The third-order valence-corrected chi connectivity index (χ3v) is 5.38. The normalized spacial score (nSPS) is 20.4. The van der Waals surface area contributed by atoms with Crippen molar-refractivity contribution in [1.29, 1.82) is 5.26 Å². The zero-order valence-corrected chi connectivity index (χ0v) is 11.8. The number of benzene rings is 1. The molecule has 19 heavy (non-hydrogen) atoms. The van der Waals surface area contributed by atoms with Crippen molar-refractivity contribution < 1.29 is 13.2 Å². The minimum atomic E-state index is -3.54. The summed E-state index contributed by atoms with van der Waals surface area (Å²) < 4.78 is 31.7. The van der Waals surface area contributed by atoms with Crippen LogP contribution in [0.15, 0.2) is 23.1 Å². The highest BCUT2D eigenvalue weighted by atomic mass is 32.2. The Kier molecular flexibility index (Phi) is 3.90. The molecule has 0 aromatic heterocycles. The first-order valence-corrected chi connectivity index (χ1v) is 7.46. The van der Waals surface area contributed by atoms with Gasteiger partial charge in [0.25, 0.3) is 0 Å². The molecule has 0 bridgehead atoms. The Labute approximate surface area is 113 Å². The Morgan fingerprint density at radius 2 is 2.21 bits per heavy atom. The second-order valence-corrected chi connectivity index (χ2v) is 6.51. The molecule has 5 nitrogen and oxygen atoms in total. The molecule has 1 aliphatic heterocycles. The van der Waals surface area contributed by atoms with Crippen molar-refractivity contribution in [1.82, 2.24) is 4.31 Å². The van der Waals surface area contributed by atoms with E-state index in [4.69, 9.17) is 10.00 Å². The molecule has 0 radical (unpaired) electrons. The SMILES string of the molecule is COC1CCN(S(=O)(=O)c2cc(C#N)ccc2C)C1. The molecular weight excluding hydrogens is 264 g/mol. The fraction of sp³-hybridized carbons (Fsp3) is 0.462. The number of aryl methyl sites for hydroxylation is 1. The average molecular weight is 280 g/mol. The lowest BCUT2D eigenvalue weighted by Gasteiger charge is -2.17. The van der Waals surface area contributed by atoms with E-state index in [9.17, 15) is 8.42 Å². The van der Waals surface area contributed by atoms with Gasteiger partial charge in [-0.3, -0.25) is 0 Å². The summed E-state index contributed by atoms with van der Waals surface area (Å²) in [4.78, 5) is 0.211. The number of methoxy groups -OCH3 is 1. The maximum atomic E-state index is 12.5. The van der Waals surface area contributed by atoms with Crippen molar-refractivity contribution in [2.75, 3.05) is 20.2 Å². The van der Waals surface area contributed by atoms with Gasteiger partial charge in [0.15, 0.2) is 0 Å². The van der Waals surface area contributed by atoms with Gasteiger partial charge < -0.3 is 4.74 Å².